The average Bonchev–Trinajstić information content (AvgIpc) is 2.71. The molecule has 0 spiro atoms. The molecule has 0 amide bonds. The Morgan fingerprint density at radius 2 is 1.16 bits per heavy atom. The summed E-state index contributed by atoms with van der Waals surface area (Å²) in [7, 11) is 0. The molecule has 2 nitrogen and oxygen atoms in total. The van der Waals surface area contributed by atoms with Crippen molar-refractivity contribution in [2.45, 2.75) is 6.04 Å². The van der Waals surface area contributed by atoms with E-state index in [1.807, 2.05) is 12.1 Å². The minimum Gasteiger partial charge on any atom is -0.369 e. The molecule has 1 saturated heterocycles. The summed E-state index contributed by atoms with van der Waals surface area (Å²) in [5.41, 5.74) is 4.04. The molecule has 3 aromatic rings. The Bertz CT molecular complexity index is 723. The number of piperazine rings is 1. The number of hydrogen-bond acceptors (Lipinski definition) is 2. The number of benzene rings is 3. The third kappa shape index (κ3) is 3.59. The molecule has 0 atom stereocenters. The Labute approximate surface area is 150 Å². The zero-order chi connectivity index (χ0) is 16.9. The van der Waals surface area contributed by atoms with Gasteiger partial charge in [0.15, 0.2) is 0 Å². The highest BCUT2D eigenvalue weighted by molar-refractivity contribution is 5.46. The minimum absolute atomic E-state index is 0.327. The van der Waals surface area contributed by atoms with Crippen molar-refractivity contribution in [3.8, 4) is 0 Å². The Morgan fingerprint density at radius 3 is 1.68 bits per heavy atom. The number of nitrogens with zero attached hydrogens (tertiary/aromatic N) is 2. The second-order valence-corrected chi connectivity index (χ2v) is 6.51. The Hall–Kier alpha value is -2.58. The molecule has 2 heteroatoms. The van der Waals surface area contributed by atoms with Crippen LogP contribution in [0.3, 0.4) is 0 Å². The predicted octanol–water partition coefficient (Wildman–Crippen LogP) is 4.40. The topological polar surface area (TPSA) is 6.48 Å². The van der Waals surface area contributed by atoms with Gasteiger partial charge in [-0.25, -0.2) is 0 Å². The van der Waals surface area contributed by atoms with E-state index in [4.69, 9.17) is 0 Å². The van der Waals surface area contributed by atoms with Crippen LogP contribution in [0.4, 0.5) is 5.69 Å². The molecule has 1 radical (unpaired) electrons. The summed E-state index contributed by atoms with van der Waals surface area (Å²) in [6, 6.07) is 33.5. The van der Waals surface area contributed by atoms with E-state index in [0.717, 1.165) is 26.2 Å². The van der Waals surface area contributed by atoms with Crippen molar-refractivity contribution in [3.05, 3.63) is 102 Å². The summed E-state index contributed by atoms with van der Waals surface area (Å²) in [5, 5.41) is 0. The van der Waals surface area contributed by atoms with Crippen molar-refractivity contribution in [2.24, 2.45) is 0 Å². The van der Waals surface area contributed by atoms with Crippen LogP contribution in [0.15, 0.2) is 84.9 Å². The predicted molar refractivity (Wildman–Crippen MR) is 104 cm³/mol. The zero-order valence-corrected chi connectivity index (χ0v) is 14.4. The molecule has 0 bridgehead atoms. The molecule has 0 unspecified atom stereocenters. The van der Waals surface area contributed by atoms with E-state index in [1.54, 1.807) is 0 Å². The summed E-state index contributed by atoms with van der Waals surface area (Å²) < 4.78 is 0. The molecule has 0 aliphatic carbocycles. The summed E-state index contributed by atoms with van der Waals surface area (Å²) in [6.07, 6.45) is 0. The van der Waals surface area contributed by atoms with Gasteiger partial charge in [-0.05, 0) is 29.3 Å². The van der Waals surface area contributed by atoms with Gasteiger partial charge in [0.05, 0.1) is 6.04 Å². The standard InChI is InChI=1S/C23H23N2/c1-4-10-20(11-5-1)23(21-12-6-2-7-13-21)25-18-16-24(17-19-25)22-14-8-3-9-15-22/h1-2,4-15,23H,16-19H2. The second kappa shape index (κ2) is 7.54. The van der Waals surface area contributed by atoms with Gasteiger partial charge in [-0.2, -0.15) is 0 Å². The third-order valence-electron chi connectivity index (χ3n) is 4.98. The fraction of sp³-hybridized carbons (Fsp3) is 0.217. The van der Waals surface area contributed by atoms with Gasteiger partial charge in [0.1, 0.15) is 0 Å². The van der Waals surface area contributed by atoms with Crippen LogP contribution < -0.4 is 4.90 Å². The largest absolute Gasteiger partial charge is 0.369 e. The summed E-state index contributed by atoms with van der Waals surface area (Å²) >= 11 is 0. The third-order valence-corrected chi connectivity index (χ3v) is 4.98. The Kier molecular flexibility index (Phi) is 4.80. The SMILES string of the molecule is [c]1ccc(N2CCN(C(c3ccccc3)c3ccccc3)CC2)cc1. The number of rotatable bonds is 4. The lowest BCUT2D eigenvalue weighted by molar-refractivity contribution is 0.212. The molecule has 25 heavy (non-hydrogen) atoms. The van der Waals surface area contributed by atoms with Gasteiger partial charge in [-0.1, -0.05) is 72.8 Å². The van der Waals surface area contributed by atoms with Crippen LogP contribution in [0.1, 0.15) is 17.2 Å². The number of hydrogen-bond donors (Lipinski definition) is 0. The maximum atomic E-state index is 3.10. The molecule has 1 fully saturated rings. The smallest absolute Gasteiger partial charge is 0.0603 e. The second-order valence-electron chi connectivity index (χ2n) is 6.51. The molecule has 0 aromatic heterocycles. The van der Waals surface area contributed by atoms with Crippen LogP contribution >= 0.6 is 0 Å². The van der Waals surface area contributed by atoms with E-state index in [2.05, 4.69) is 88.7 Å². The molecule has 4 rings (SSSR count). The molecule has 0 saturated carbocycles. The van der Waals surface area contributed by atoms with E-state index in [-0.39, 0.29) is 0 Å². The lowest BCUT2D eigenvalue weighted by atomic mass is 9.96. The van der Waals surface area contributed by atoms with Crippen molar-refractivity contribution in [2.75, 3.05) is 31.1 Å². The number of anilines is 1. The van der Waals surface area contributed by atoms with Crippen LogP contribution in [0, 0.1) is 6.07 Å². The quantitative estimate of drug-likeness (QED) is 0.701. The Balaban J connectivity index is 1.55. The first kappa shape index (κ1) is 15.9. The first-order chi connectivity index (χ1) is 12.4. The molecule has 1 aliphatic rings. The van der Waals surface area contributed by atoms with E-state index >= 15 is 0 Å². The molecular formula is C23H23N2. The minimum atomic E-state index is 0.327. The van der Waals surface area contributed by atoms with Gasteiger partial charge in [0.2, 0.25) is 0 Å². The average molecular weight is 327 g/mol. The first-order valence-corrected chi connectivity index (χ1v) is 8.97. The maximum absolute atomic E-state index is 3.10. The summed E-state index contributed by atoms with van der Waals surface area (Å²) in [4.78, 5) is 5.08. The first-order valence-electron chi connectivity index (χ1n) is 8.97. The van der Waals surface area contributed by atoms with Gasteiger partial charge in [0, 0.05) is 31.9 Å². The highest BCUT2D eigenvalue weighted by atomic mass is 15.3. The monoisotopic (exact) mass is 327 g/mol. The van der Waals surface area contributed by atoms with Crippen LogP contribution in [0.25, 0.3) is 0 Å². The van der Waals surface area contributed by atoms with Gasteiger partial charge >= 0.3 is 0 Å². The lowest BCUT2D eigenvalue weighted by Gasteiger charge is -2.40. The fourth-order valence-corrected chi connectivity index (χ4v) is 3.71. The van der Waals surface area contributed by atoms with Crippen LogP contribution in [-0.2, 0) is 0 Å². The highest BCUT2D eigenvalue weighted by Gasteiger charge is 2.26. The van der Waals surface area contributed by atoms with Crippen LogP contribution in [-0.4, -0.2) is 31.1 Å². The molecule has 1 heterocycles. The maximum Gasteiger partial charge on any atom is 0.0603 e. The van der Waals surface area contributed by atoms with Gasteiger partial charge < -0.3 is 4.90 Å². The van der Waals surface area contributed by atoms with E-state index in [1.165, 1.54) is 16.8 Å². The summed E-state index contributed by atoms with van der Waals surface area (Å²) in [6.45, 7) is 4.24. The van der Waals surface area contributed by atoms with Gasteiger partial charge in [-0.15, -0.1) is 0 Å². The van der Waals surface area contributed by atoms with Crippen LogP contribution in [0.2, 0.25) is 0 Å². The van der Waals surface area contributed by atoms with Crippen molar-refractivity contribution in [1.29, 1.82) is 0 Å². The normalized spacial score (nSPS) is 15.5. The highest BCUT2D eigenvalue weighted by Crippen LogP contribution is 2.30. The fourth-order valence-electron chi connectivity index (χ4n) is 3.71. The van der Waals surface area contributed by atoms with Crippen LogP contribution in [0.5, 0.6) is 0 Å². The van der Waals surface area contributed by atoms with Crippen molar-refractivity contribution >= 4 is 5.69 Å². The van der Waals surface area contributed by atoms with Gasteiger partial charge in [0.25, 0.3) is 0 Å². The Morgan fingerprint density at radius 1 is 0.640 bits per heavy atom. The summed E-state index contributed by atoms with van der Waals surface area (Å²) in [5.74, 6) is 0. The van der Waals surface area contributed by atoms with E-state index in [0.29, 0.717) is 6.04 Å². The van der Waals surface area contributed by atoms with Gasteiger partial charge in [-0.3, -0.25) is 4.90 Å². The molecule has 125 valence electrons. The molecule has 1 aliphatic heterocycles. The van der Waals surface area contributed by atoms with Crippen molar-refractivity contribution in [1.82, 2.24) is 4.90 Å². The zero-order valence-electron chi connectivity index (χ0n) is 14.4. The van der Waals surface area contributed by atoms with E-state index in [9.17, 15) is 0 Å². The van der Waals surface area contributed by atoms with Crippen molar-refractivity contribution < 1.29 is 0 Å². The lowest BCUT2D eigenvalue weighted by Crippen LogP contribution is -2.47. The molecular weight excluding hydrogens is 304 g/mol. The molecule has 0 N–H and O–H groups in total. The molecule has 3 aromatic carbocycles. The van der Waals surface area contributed by atoms with Crippen molar-refractivity contribution in [3.63, 3.8) is 0 Å². The van der Waals surface area contributed by atoms with E-state index < -0.39 is 0 Å².